The molecular weight excluding hydrogens is 314 g/mol. The Bertz CT molecular complexity index is 908. The van der Waals surface area contributed by atoms with Crippen LogP contribution in [0.25, 0.3) is 5.65 Å². The Labute approximate surface area is 136 Å². The van der Waals surface area contributed by atoms with E-state index < -0.39 is 0 Å². The molecule has 0 saturated carbocycles. The molecule has 1 amide bonds. The fourth-order valence-electron chi connectivity index (χ4n) is 2.28. The molecule has 3 aromatic heterocycles. The molecule has 3 aromatic rings. The summed E-state index contributed by atoms with van der Waals surface area (Å²) in [6.07, 6.45) is 2.49. The number of fused-ring (bicyclic) bond motifs is 1. The molecule has 8 heteroatoms. The first-order chi connectivity index (χ1) is 11.1. The highest BCUT2D eigenvalue weighted by Gasteiger charge is 2.14. The minimum Gasteiger partial charge on any atom is -0.349 e. The fraction of sp³-hybridized carbons (Fsp3) is 0.333. The molecule has 0 aromatic carbocycles. The summed E-state index contributed by atoms with van der Waals surface area (Å²) in [6.45, 7) is 4.50. The molecule has 0 aliphatic heterocycles. The van der Waals surface area contributed by atoms with Crippen LogP contribution in [0.1, 0.15) is 27.3 Å². The van der Waals surface area contributed by atoms with Gasteiger partial charge in [-0.3, -0.25) is 9.20 Å². The zero-order chi connectivity index (χ0) is 16.4. The summed E-state index contributed by atoms with van der Waals surface area (Å²) in [5.74, 6) is -0.156. The minimum absolute atomic E-state index is 0.156. The maximum Gasteiger partial charge on any atom is 0.350 e. The SMILES string of the molecule is CCc1nc(C)c(C(=O)NCCn2nc3ccccn3c2=O)s1. The van der Waals surface area contributed by atoms with Crippen molar-refractivity contribution < 1.29 is 4.79 Å². The van der Waals surface area contributed by atoms with Crippen LogP contribution in [0.2, 0.25) is 0 Å². The van der Waals surface area contributed by atoms with E-state index in [-0.39, 0.29) is 11.6 Å². The van der Waals surface area contributed by atoms with Crippen LogP contribution >= 0.6 is 11.3 Å². The van der Waals surface area contributed by atoms with Gasteiger partial charge in [-0.05, 0) is 25.5 Å². The lowest BCUT2D eigenvalue weighted by atomic mass is 10.3. The summed E-state index contributed by atoms with van der Waals surface area (Å²) in [7, 11) is 0. The van der Waals surface area contributed by atoms with Gasteiger partial charge in [0.25, 0.3) is 5.91 Å². The molecule has 3 heterocycles. The van der Waals surface area contributed by atoms with E-state index in [0.29, 0.717) is 23.6 Å². The molecule has 0 saturated heterocycles. The lowest BCUT2D eigenvalue weighted by Crippen LogP contribution is -2.31. The smallest absolute Gasteiger partial charge is 0.349 e. The Morgan fingerprint density at radius 2 is 2.22 bits per heavy atom. The summed E-state index contributed by atoms with van der Waals surface area (Å²) < 4.78 is 2.83. The van der Waals surface area contributed by atoms with Gasteiger partial charge in [-0.15, -0.1) is 16.4 Å². The average Bonchev–Trinajstić information content (AvgIpc) is 3.08. The second-order valence-corrected chi connectivity index (χ2v) is 6.15. The van der Waals surface area contributed by atoms with Crippen molar-refractivity contribution in [2.45, 2.75) is 26.8 Å². The molecule has 0 aliphatic rings. The number of nitrogens with zero attached hydrogens (tertiary/aromatic N) is 4. The molecule has 7 nitrogen and oxygen atoms in total. The standard InChI is InChI=1S/C15H17N5O2S/c1-3-12-17-10(2)13(23-12)14(21)16-7-9-20-15(22)19-8-5-4-6-11(19)18-20/h4-6,8H,3,7,9H2,1-2H3,(H,16,21). The summed E-state index contributed by atoms with van der Waals surface area (Å²) in [4.78, 5) is 29.3. The molecular formula is C15H17N5O2S. The van der Waals surface area contributed by atoms with Crippen molar-refractivity contribution in [1.82, 2.24) is 24.5 Å². The molecule has 3 rings (SSSR count). The zero-order valence-electron chi connectivity index (χ0n) is 12.9. The van der Waals surface area contributed by atoms with Crippen molar-refractivity contribution >= 4 is 22.9 Å². The predicted molar refractivity (Wildman–Crippen MR) is 88.0 cm³/mol. The van der Waals surface area contributed by atoms with Crippen molar-refractivity contribution in [3.8, 4) is 0 Å². The van der Waals surface area contributed by atoms with Crippen LogP contribution in [0.15, 0.2) is 29.2 Å². The maximum absolute atomic E-state index is 12.2. The molecule has 0 atom stereocenters. The van der Waals surface area contributed by atoms with Crippen LogP contribution in [-0.4, -0.2) is 31.6 Å². The number of pyridine rings is 1. The summed E-state index contributed by atoms with van der Waals surface area (Å²) in [5, 5.41) is 7.99. The van der Waals surface area contributed by atoms with E-state index in [1.165, 1.54) is 20.4 Å². The Hall–Kier alpha value is -2.48. The molecule has 0 spiro atoms. The molecule has 1 N–H and O–H groups in total. The third-order valence-corrected chi connectivity index (χ3v) is 4.75. The van der Waals surface area contributed by atoms with E-state index >= 15 is 0 Å². The number of hydrogen-bond donors (Lipinski definition) is 1. The first-order valence-corrected chi connectivity index (χ1v) is 8.20. The van der Waals surface area contributed by atoms with E-state index in [0.717, 1.165) is 17.1 Å². The monoisotopic (exact) mass is 331 g/mol. The van der Waals surface area contributed by atoms with Crippen LogP contribution in [0, 0.1) is 6.92 Å². The van der Waals surface area contributed by atoms with Gasteiger partial charge in [0.05, 0.1) is 17.2 Å². The van der Waals surface area contributed by atoms with E-state index in [1.54, 1.807) is 18.3 Å². The van der Waals surface area contributed by atoms with E-state index in [2.05, 4.69) is 15.4 Å². The number of aromatic nitrogens is 4. The number of carbonyl (C=O) groups excluding carboxylic acids is 1. The van der Waals surface area contributed by atoms with Crippen LogP contribution in [-0.2, 0) is 13.0 Å². The van der Waals surface area contributed by atoms with Gasteiger partial charge in [-0.25, -0.2) is 14.5 Å². The topological polar surface area (TPSA) is 81.3 Å². The lowest BCUT2D eigenvalue weighted by molar-refractivity contribution is 0.0955. The van der Waals surface area contributed by atoms with Crippen molar-refractivity contribution in [1.29, 1.82) is 0 Å². The van der Waals surface area contributed by atoms with Gasteiger partial charge in [0.1, 0.15) is 4.88 Å². The predicted octanol–water partition coefficient (Wildman–Crippen LogP) is 1.25. The number of aryl methyl sites for hydroxylation is 2. The van der Waals surface area contributed by atoms with E-state index in [1.807, 2.05) is 19.9 Å². The van der Waals surface area contributed by atoms with Crippen LogP contribution < -0.4 is 11.0 Å². The molecule has 0 fully saturated rings. The molecule has 23 heavy (non-hydrogen) atoms. The summed E-state index contributed by atoms with van der Waals surface area (Å²) in [6, 6.07) is 5.37. The highest BCUT2D eigenvalue weighted by atomic mass is 32.1. The molecule has 0 radical (unpaired) electrons. The Morgan fingerprint density at radius 3 is 2.91 bits per heavy atom. The van der Waals surface area contributed by atoms with Crippen LogP contribution in [0.3, 0.4) is 0 Å². The second kappa shape index (κ2) is 6.33. The van der Waals surface area contributed by atoms with Crippen LogP contribution in [0.5, 0.6) is 0 Å². The number of rotatable bonds is 5. The highest BCUT2D eigenvalue weighted by Crippen LogP contribution is 2.18. The largest absolute Gasteiger partial charge is 0.350 e. The summed E-state index contributed by atoms with van der Waals surface area (Å²) >= 11 is 1.41. The van der Waals surface area contributed by atoms with Gasteiger partial charge in [-0.2, -0.15) is 0 Å². The number of thiazole rings is 1. The van der Waals surface area contributed by atoms with Crippen molar-refractivity contribution in [2.24, 2.45) is 0 Å². The summed E-state index contributed by atoms with van der Waals surface area (Å²) in [5.41, 5.74) is 1.13. The first-order valence-electron chi connectivity index (χ1n) is 7.39. The molecule has 120 valence electrons. The first kappa shape index (κ1) is 15.4. The Kier molecular flexibility index (Phi) is 4.24. The number of nitrogens with one attached hydrogen (secondary N) is 1. The Balaban J connectivity index is 1.66. The van der Waals surface area contributed by atoms with Gasteiger partial charge in [0.15, 0.2) is 5.65 Å². The minimum atomic E-state index is -0.211. The Morgan fingerprint density at radius 1 is 1.39 bits per heavy atom. The van der Waals surface area contributed by atoms with Gasteiger partial charge in [0.2, 0.25) is 0 Å². The third kappa shape index (κ3) is 3.02. The molecule has 0 unspecified atom stereocenters. The van der Waals surface area contributed by atoms with Crippen molar-refractivity contribution in [3.63, 3.8) is 0 Å². The van der Waals surface area contributed by atoms with E-state index in [4.69, 9.17) is 0 Å². The third-order valence-electron chi connectivity index (χ3n) is 3.45. The number of hydrogen-bond acceptors (Lipinski definition) is 5. The van der Waals surface area contributed by atoms with Crippen molar-refractivity contribution in [3.05, 3.63) is 50.5 Å². The number of amides is 1. The second-order valence-electron chi connectivity index (χ2n) is 5.07. The van der Waals surface area contributed by atoms with Gasteiger partial charge < -0.3 is 5.32 Å². The normalized spacial score (nSPS) is 11.0. The van der Waals surface area contributed by atoms with Gasteiger partial charge >= 0.3 is 5.69 Å². The average molecular weight is 331 g/mol. The van der Waals surface area contributed by atoms with Gasteiger partial charge in [-0.1, -0.05) is 13.0 Å². The van der Waals surface area contributed by atoms with Crippen LogP contribution in [0.4, 0.5) is 0 Å². The van der Waals surface area contributed by atoms with Crippen molar-refractivity contribution in [2.75, 3.05) is 6.54 Å². The van der Waals surface area contributed by atoms with Gasteiger partial charge in [0, 0.05) is 12.7 Å². The maximum atomic E-state index is 12.2. The highest BCUT2D eigenvalue weighted by molar-refractivity contribution is 7.13. The molecule has 0 aliphatic carbocycles. The van der Waals surface area contributed by atoms with E-state index in [9.17, 15) is 9.59 Å². The lowest BCUT2D eigenvalue weighted by Gasteiger charge is -2.03. The fourth-order valence-corrected chi connectivity index (χ4v) is 3.20. The molecule has 0 bridgehead atoms. The number of carbonyl (C=O) groups is 1. The zero-order valence-corrected chi connectivity index (χ0v) is 13.8. The quantitative estimate of drug-likeness (QED) is 0.763.